The van der Waals surface area contributed by atoms with Gasteiger partial charge in [0, 0.05) is 25.5 Å². The molecule has 0 unspecified atom stereocenters. The molecular weight excluding hydrogens is 387 g/mol. The summed E-state index contributed by atoms with van der Waals surface area (Å²) in [6, 6.07) is 21.6. The van der Waals surface area contributed by atoms with Crippen molar-refractivity contribution < 1.29 is 13.9 Å². The number of rotatable bonds is 6. The summed E-state index contributed by atoms with van der Waals surface area (Å²) in [6.45, 7) is 11.8. The van der Waals surface area contributed by atoms with Gasteiger partial charge < -0.3 is 13.9 Å². The molecule has 0 N–H and O–H groups in total. The molecule has 4 rings (SSSR count). The Balaban J connectivity index is 1.79. The van der Waals surface area contributed by atoms with E-state index in [1.807, 2.05) is 0 Å². The highest BCUT2D eigenvalue weighted by atomic mass is 28.4. The van der Waals surface area contributed by atoms with Gasteiger partial charge in [-0.2, -0.15) is 0 Å². The molecule has 1 saturated heterocycles. The minimum Gasteiger partial charge on any atom is -0.404 e. The zero-order chi connectivity index (χ0) is 21.6. The van der Waals surface area contributed by atoms with Crippen molar-refractivity contribution in [3.8, 4) is 0 Å². The van der Waals surface area contributed by atoms with Crippen LogP contribution >= 0.6 is 0 Å². The lowest BCUT2D eigenvalue weighted by Crippen LogP contribution is -2.68. The van der Waals surface area contributed by atoms with Crippen LogP contribution in [0.15, 0.2) is 72.8 Å². The predicted octanol–water partition coefficient (Wildman–Crippen LogP) is 2.88. The Morgan fingerprint density at radius 3 is 2.03 bits per heavy atom. The van der Waals surface area contributed by atoms with E-state index in [1.54, 1.807) is 7.11 Å². The third kappa shape index (κ3) is 3.23. The highest BCUT2D eigenvalue weighted by Crippen LogP contribution is 2.52. The average molecular weight is 420 g/mol. The fourth-order valence-corrected chi connectivity index (χ4v) is 10.4. The molecule has 0 aromatic heterocycles. The molecule has 30 heavy (non-hydrogen) atoms. The van der Waals surface area contributed by atoms with Crippen molar-refractivity contribution in [3.63, 3.8) is 0 Å². The van der Waals surface area contributed by atoms with Gasteiger partial charge in [0.25, 0.3) is 8.32 Å². The minimum absolute atomic E-state index is 0.00165. The van der Waals surface area contributed by atoms with E-state index in [0.29, 0.717) is 6.61 Å². The zero-order valence-corrected chi connectivity index (χ0v) is 19.9. The molecule has 2 fully saturated rings. The van der Waals surface area contributed by atoms with Crippen LogP contribution in [0.5, 0.6) is 0 Å². The minimum atomic E-state index is -2.61. The van der Waals surface area contributed by atoms with Crippen molar-refractivity contribution in [2.45, 2.75) is 49.9 Å². The Hall–Kier alpha value is -1.66. The maximum absolute atomic E-state index is 7.19. The fourth-order valence-electron chi connectivity index (χ4n) is 5.80. The topological polar surface area (TPSA) is 27.7 Å². The second-order valence-corrected chi connectivity index (χ2v) is 14.2. The highest BCUT2D eigenvalue weighted by Gasteiger charge is 2.62. The number of ether oxygens (including phenoxy) is 2. The summed E-state index contributed by atoms with van der Waals surface area (Å²) >= 11 is 0. The summed E-state index contributed by atoms with van der Waals surface area (Å²) < 4.78 is 19.7. The maximum atomic E-state index is 7.19. The molecule has 1 aliphatic carbocycles. The van der Waals surface area contributed by atoms with Crippen LogP contribution in [0.4, 0.5) is 0 Å². The molecule has 2 aliphatic rings. The zero-order valence-electron chi connectivity index (χ0n) is 18.9. The summed E-state index contributed by atoms with van der Waals surface area (Å²) in [5, 5.41) is 2.51. The molecule has 2 aromatic carbocycles. The van der Waals surface area contributed by atoms with E-state index < -0.39 is 13.9 Å². The van der Waals surface area contributed by atoms with Crippen LogP contribution in [-0.4, -0.2) is 47.6 Å². The lowest BCUT2D eigenvalue weighted by molar-refractivity contribution is -0.0985. The largest absolute Gasteiger partial charge is 0.404 e. The summed E-state index contributed by atoms with van der Waals surface area (Å²) in [7, 11) is 1.30. The number of benzene rings is 2. The SMILES string of the molecule is B[C@@H]1O[C@@]2(CO[Si](c3ccccc3)(c3ccccc3)C(C)(C)C)CC(=C)[C@@H]1[C@@H]2OC. The number of hydrogen-bond donors (Lipinski definition) is 0. The highest BCUT2D eigenvalue weighted by molar-refractivity contribution is 6.99. The lowest BCUT2D eigenvalue weighted by atomic mass is 9.83. The van der Waals surface area contributed by atoms with Crippen molar-refractivity contribution in [3.05, 3.63) is 72.8 Å². The standard InChI is InChI=1S/C25H33BO3Si/c1-18-16-25(22(27-5)21(18)23(26)29-25)17-28-30(24(2,3)4,19-12-8-6-9-13-19)20-14-10-7-11-15-20/h6-15,21-23H,1,16-17,26H2,2-5H3/t21-,22+,23-,25-/m1/s1. The Morgan fingerprint density at radius 2 is 1.60 bits per heavy atom. The molecule has 2 aromatic rings. The lowest BCUT2D eigenvalue weighted by Gasteiger charge is -2.45. The fraction of sp³-hybridized carbons (Fsp3) is 0.440. The van der Waals surface area contributed by atoms with Crippen molar-refractivity contribution in [1.29, 1.82) is 0 Å². The van der Waals surface area contributed by atoms with Crippen LogP contribution in [0.25, 0.3) is 0 Å². The van der Waals surface area contributed by atoms with Gasteiger partial charge in [-0.05, 0) is 15.4 Å². The monoisotopic (exact) mass is 420 g/mol. The predicted molar refractivity (Wildman–Crippen MR) is 128 cm³/mol. The van der Waals surface area contributed by atoms with E-state index in [4.69, 9.17) is 13.9 Å². The van der Waals surface area contributed by atoms with Gasteiger partial charge in [-0.1, -0.05) is 93.6 Å². The van der Waals surface area contributed by atoms with E-state index in [1.165, 1.54) is 15.9 Å². The van der Waals surface area contributed by atoms with Gasteiger partial charge in [0.2, 0.25) is 0 Å². The second kappa shape index (κ2) is 7.79. The second-order valence-electron chi connectivity index (χ2n) is 9.86. The molecule has 0 spiro atoms. The van der Waals surface area contributed by atoms with Crippen LogP contribution in [0, 0.1) is 5.92 Å². The Morgan fingerprint density at radius 1 is 1.07 bits per heavy atom. The van der Waals surface area contributed by atoms with Crippen LogP contribution < -0.4 is 10.4 Å². The van der Waals surface area contributed by atoms with Crippen molar-refractivity contribution in [2.24, 2.45) is 5.92 Å². The molecule has 2 bridgehead atoms. The first-order chi connectivity index (χ1) is 14.2. The molecule has 1 saturated carbocycles. The van der Waals surface area contributed by atoms with Gasteiger partial charge in [0.1, 0.15) is 13.4 Å². The van der Waals surface area contributed by atoms with Gasteiger partial charge in [0.15, 0.2) is 0 Å². The quantitative estimate of drug-likeness (QED) is 0.532. The van der Waals surface area contributed by atoms with E-state index in [2.05, 4.69) is 95.9 Å². The van der Waals surface area contributed by atoms with Crippen LogP contribution in [0.1, 0.15) is 27.2 Å². The number of fused-ring (bicyclic) bond motifs is 2. The van der Waals surface area contributed by atoms with Crippen molar-refractivity contribution in [2.75, 3.05) is 13.7 Å². The number of hydrogen-bond acceptors (Lipinski definition) is 3. The third-order valence-electron chi connectivity index (χ3n) is 6.97. The van der Waals surface area contributed by atoms with Gasteiger partial charge >= 0.3 is 0 Å². The Kier molecular flexibility index (Phi) is 5.60. The molecular formula is C25H33BO3Si. The van der Waals surface area contributed by atoms with Crippen LogP contribution in [0.3, 0.4) is 0 Å². The molecule has 0 amide bonds. The normalized spacial score (nSPS) is 28.8. The summed E-state index contributed by atoms with van der Waals surface area (Å²) in [4.78, 5) is 0. The van der Waals surface area contributed by atoms with E-state index >= 15 is 0 Å². The molecule has 4 atom stereocenters. The van der Waals surface area contributed by atoms with Crippen LogP contribution in [0.2, 0.25) is 5.04 Å². The molecule has 0 radical (unpaired) electrons. The average Bonchev–Trinajstić information content (AvgIpc) is 3.15. The molecule has 158 valence electrons. The van der Waals surface area contributed by atoms with E-state index in [9.17, 15) is 0 Å². The molecule has 5 heteroatoms. The van der Waals surface area contributed by atoms with E-state index in [0.717, 1.165) is 6.42 Å². The van der Waals surface area contributed by atoms with Gasteiger partial charge in [-0.25, -0.2) is 0 Å². The van der Waals surface area contributed by atoms with Gasteiger partial charge in [-0.3, -0.25) is 0 Å². The summed E-state index contributed by atoms with van der Waals surface area (Å²) in [5.41, 5.74) is 0.773. The first-order valence-corrected chi connectivity index (χ1v) is 12.8. The van der Waals surface area contributed by atoms with Crippen LogP contribution in [-0.2, 0) is 13.9 Å². The maximum Gasteiger partial charge on any atom is 0.261 e. The third-order valence-corrected chi connectivity index (χ3v) is 12.0. The summed E-state index contributed by atoms with van der Waals surface area (Å²) in [5.74, 6) is 0.248. The molecule has 1 aliphatic heterocycles. The van der Waals surface area contributed by atoms with E-state index in [-0.39, 0.29) is 23.1 Å². The summed E-state index contributed by atoms with van der Waals surface area (Å²) in [6.07, 6.45) is 0.803. The molecule has 1 heterocycles. The van der Waals surface area contributed by atoms with Crippen molar-refractivity contribution >= 4 is 26.5 Å². The number of methoxy groups -OCH3 is 1. The van der Waals surface area contributed by atoms with Crippen molar-refractivity contribution in [1.82, 2.24) is 0 Å². The first-order valence-electron chi connectivity index (χ1n) is 10.9. The Labute approximate surface area is 183 Å². The van der Waals surface area contributed by atoms with Gasteiger partial charge in [0.05, 0.1) is 12.7 Å². The smallest absolute Gasteiger partial charge is 0.261 e. The molecule has 3 nitrogen and oxygen atoms in total. The Bertz CT molecular complexity index is 856. The first kappa shape index (κ1) is 21.6. The van der Waals surface area contributed by atoms with Gasteiger partial charge in [-0.15, -0.1) is 0 Å².